The maximum absolute atomic E-state index is 2.57. The van der Waals surface area contributed by atoms with E-state index in [4.69, 9.17) is 0 Å². The zero-order valence-corrected chi connectivity index (χ0v) is 13.2. The van der Waals surface area contributed by atoms with Gasteiger partial charge in [-0.15, -0.1) is 0 Å². The first-order valence-electron chi connectivity index (χ1n) is 7.75. The van der Waals surface area contributed by atoms with Crippen LogP contribution in [0.1, 0.15) is 68.2 Å². The van der Waals surface area contributed by atoms with E-state index >= 15 is 0 Å². The van der Waals surface area contributed by atoms with E-state index in [2.05, 4.69) is 55.4 Å². The highest BCUT2D eigenvalue weighted by molar-refractivity contribution is 5.46. The summed E-state index contributed by atoms with van der Waals surface area (Å²) in [6.45, 7) is 19.8. The minimum Gasteiger partial charge on any atom is -0.0651 e. The SMILES string of the molecule is CCC(C)C(C)C12C(C(C)CC)C1(C)C2(C)C. The lowest BCUT2D eigenvalue weighted by molar-refractivity contribution is 0.120. The van der Waals surface area contributed by atoms with Crippen LogP contribution >= 0.6 is 0 Å². The molecule has 100 valence electrons. The fraction of sp³-hybridized carbons (Fsp3) is 1.00. The average Bonchev–Trinajstić information content (AvgIpc) is 3.03. The van der Waals surface area contributed by atoms with Crippen LogP contribution in [0.15, 0.2) is 0 Å². The van der Waals surface area contributed by atoms with Crippen LogP contribution in [0.5, 0.6) is 0 Å². The summed E-state index contributed by atoms with van der Waals surface area (Å²) in [6, 6.07) is 0. The van der Waals surface area contributed by atoms with Crippen LogP contribution in [0.25, 0.3) is 0 Å². The van der Waals surface area contributed by atoms with Crippen molar-refractivity contribution < 1.29 is 0 Å². The Morgan fingerprint density at radius 3 is 1.82 bits per heavy atom. The molecule has 0 aromatic rings. The molecule has 6 unspecified atom stereocenters. The zero-order chi connectivity index (χ0) is 13.2. The molecule has 17 heavy (non-hydrogen) atoms. The summed E-state index contributed by atoms with van der Waals surface area (Å²) in [5.74, 6) is 3.69. The van der Waals surface area contributed by atoms with Gasteiger partial charge in [-0.25, -0.2) is 0 Å². The topological polar surface area (TPSA) is 0 Å². The third-order valence-electron chi connectivity index (χ3n) is 7.59. The molecule has 0 heteroatoms. The van der Waals surface area contributed by atoms with E-state index in [-0.39, 0.29) is 0 Å². The van der Waals surface area contributed by atoms with Gasteiger partial charge in [-0.05, 0) is 39.9 Å². The predicted octanol–water partition coefficient (Wildman–Crippen LogP) is 5.38. The van der Waals surface area contributed by atoms with Gasteiger partial charge in [-0.2, -0.15) is 0 Å². The highest BCUT2D eigenvalue weighted by Crippen LogP contribution is 3.03. The highest BCUT2D eigenvalue weighted by atomic mass is 15.0. The largest absolute Gasteiger partial charge is 0.0651 e. The van der Waals surface area contributed by atoms with Crippen molar-refractivity contribution in [3.8, 4) is 0 Å². The van der Waals surface area contributed by atoms with Crippen LogP contribution in [-0.4, -0.2) is 0 Å². The van der Waals surface area contributed by atoms with Gasteiger partial charge in [-0.3, -0.25) is 0 Å². The molecule has 0 aromatic carbocycles. The summed E-state index contributed by atoms with van der Waals surface area (Å²) in [5, 5.41) is 0. The second kappa shape index (κ2) is 3.52. The number of rotatable bonds is 5. The van der Waals surface area contributed by atoms with Gasteiger partial charge in [0.2, 0.25) is 0 Å². The maximum atomic E-state index is 2.57. The van der Waals surface area contributed by atoms with Crippen molar-refractivity contribution >= 4 is 0 Å². The van der Waals surface area contributed by atoms with Gasteiger partial charge < -0.3 is 0 Å². The van der Waals surface area contributed by atoms with Gasteiger partial charge in [0.05, 0.1) is 0 Å². The van der Waals surface area contributed by atoms with Crippen molar-refractivity contribution in [2.24, 2.45) is 39.9 Å². The molecule has 2 aliphatic carbocycles. The number of hydrogen-bond donors (Lipinski definition) is 0. The van der Waals surface area contributed by atoms with E-state index in [9.17, 15) is 0 Å². The third-order valence-corrected chi connectivity index (χ3v) is 7.59. The molecule has 0 bridgehead atoms. The maximum Gasteiger partial charge on any atom is -0.0114 e. The zero-order valence-electron chi connectivity index (χ0n) is 13.2. The summed E-state index contributed by atoms with van der Waals surface area (Å²) < 4.78 is 0. The first kappa shape index (κ1) is 13.4. The lowest BCUT2D eigenvalue weighted by Gasteiger charge is -2.36. The molecule has 0 N–H and O–H groups in total. The Kier molecular flexibility index (Phi) is 2.78. The van der Waals surface area contributed by atoms with E-state index < -0.39 is 0 Å². The van der Waals surface area contributed by atoms with Crippen molar-refractivity contribution in [2.45, 2.75) is 68.2 Å². The molecule has 0 aliphatic heterocycles. The smallest absolute Gasteiger partial charge is 0.0114 e. The summed E-state index contributed by atoms with van der Waals surface area (Å²) in [6.07, 6.45) is 2.69. The molecular formula is C17H32. The Labute approximate surface area is 109 Å². The summed E-state index contributed by atoms with van der Waals surface area (Å²) in [4.78, 5) is 0. The molecule has 0 radical (unpaired) electrons. The molecule has 0 aromatic heterocycles. The van der Waals surface area contributed by atoms with Crippen molar-refractivity contribution in [3.05, 3.63) is 0 Å². The Balaban J connectivity index is 2.25. The summed E-state index contributed by atoms with van der Waals surface area (Å²) in [5.41, 5.74) is 1.92. The fourth-order valence-electron chi connectivity index (χ4n) is 5.97. The Hall–Kier alpha value is 0. The lowest BCUT2D eigenvalue weighted by Crippen LogP contribution is -2.30. The standard InChI is InChI=1S/C17H32/c1-9-11(3)13(5)17-14(12(4)10-2)16(17,8)15(17,6)7/h11-14H,9-10H2,1-8H3. The number of fused-ring (bicyclic) bond motifs is 1. The minimum atomic E-state index is 0.594. The lowest BCUT2D eigenvalue weighted by atomic mass is 9.69. The van der Waals surface area contributed by atoms with E-state index in [0.717, 1.165) is 23.7 Å². The van der Waals surface area contributed by atoms with Crippen LogP contribution < -0.4 is 0 Å². The van der Waals surface area contributed by atoms with E-state index in [0.29, 0.717) is 16.2 Å². The van der Waals surface area contributed by atoms with Crippen LogP contribution in [0.4, 0.5) is 0 Å². The Bertz CT molecular complexity index is 302. The molecule has 0 heterocycles. The molecule has 2 rings (SSSR count). The van der Waals surface area contributed by atoms with Crippen LogP contribution in [0.2, 0.25) is 0 Å². The van der Waals surface area contributed by atoms with Crippen molar-refractivity contribution in [1.29, 1.82) is 0 Å². The molecule has 0 nitrogen and oxygen atoms in total. The average molecular weight is 236 g/mol. The summed E-state index contributed by atoms with van der Waals surface area (Å²) in [7, 11) is 0. The Morgan fingerprint density at radius 2 is 1.47 bits per heavy atom. The second-order valence-corrected chi connectivity index (χ2v) is 7.73. The van der Waals surface area contributed by atoms with Gasteiger partial charge >= 0.3 is 0 Å². The molecular weight excluding hydrogens is 204 g/mol. The molecule has 2 saturated carbocycles. The van der Waals surface area contributed by atoms with Crippen LogP contribution in [-0.2, 0) is 0 Å². The highest BCUT2D eigenvalue weighted by Gasteiger charge is 3.00. The van der Waals surface area contributed by atoms with E-state index in [1.807, 2.05) is 0 Å². The minimum absolute atomic E-state index is 0.594. The third kappa shape index (κ3) is 1.12. The second-order valence-electron chi connectivity index (χ2n) is 7.73. The van der Waals surface area contributed by atoms with Crippen molar-refractivity contribution in [3.63, 3.8) is 0 Å². The molecule has 2 fully saturated rings. The van der Waals surface area contributed by atoms with Crippen LogP contribution in [0.3, 0.4) is 0 Å². The predicted molar refractivity (Wildman–Crippen MR) is 75.9 cm³/mol. The van der Waals surface area contributed by atoms with Gasteiger partial charge in [0.15, 0.2) is 0 Å². The molecule has 6 atom stereocenters. The van der Waals surface area contributed by atoms with Crippen LogP contribution in [0, 0.1) is 39.9 Å². The fourth-order valence-corrected chi connectivity index (χ4v) is 5.97. The van der Waals surface area contributed by atoms with Gasteiger partial charge in [0.25, 0.3) is 0 Å². The Morgan fingerprint density at radius 1 is 0.941 bits per heavy atom. The first-order valence-corrected chi connectivity index (χ1v) is 7.75. The van der Waals surface area contributed by atoms with Crippen molar-refractivity contribution in [1.82, 2.24) is 0 Å². The van der Waals surface area contributed by atoms with E-state index in [1.54, 1.807) is 0 Å². The molecule has 0 spiro atoms. The van der Waals surface area contributed by atoms with Crippen molar-refractivity contribution in [2.75, 3.05) is 0 Å². The summed E-state index contributed by atoms with van der Waals surface area (Å²) >= 11 is 0. The molecule has 0 amide bonds. The quantitative estimate of drug-likeness (QED) is 0.601. The molecule has 2 aliphatic rings. The first-order chi connectivity index (χ1) is 7.75. The number of hydrogen-bond acceptors (Lipinski definition) is 0. The van der Waals surface area contributed by atoms with Gasteiger partial charge in [-0.1, -0.05) is 68.2 Å². The normalized spacial score (nSPS) is 46.9. The van der Waals surface area contributed by atoms with E-state index in [1.165, 1.54) is 12.8 Å². The van der Waals surface area contributed by atoms with Gasteiger partial charge in [0, 0.05) is 0 Å². The van der Waals surface area contributed by atoms with Gasteiger partial charge in [0.1, 0.15) is 0 Å². The molecule has 0 saturated heterocycles. The monoisotopic (exact) mass is 236 g/mol.